The van der Waals surface area contributed by atoms with Crippen LogP contribution in [0.1, 0.15) is 291 Å². The number of nitrogens with one attached hydrogen (secondary N) is 7. The topological polar surface area (TPSA) is 584 Å². The van der Waals surface area contributed by atoms with E-state index >= 15 is 0 Å². The summed E-state index contributed by atoms with van der Waals surface area (Å²) < 4.78 is 0. The summed E-state index contributed by atoms with van der Waals surface area (Å²) in [6.45, 7) is 34.0. The van der Waals surface area contributed by atoms with Crippen molar-refractivity contribution in [3.8, 4) is 0 Å². The monoisotopic (exact) mass is 1980 g/mol. The number of nitrogens with zero attached hydrogens (tertiary/aromatic N) is 10. The van der Waals surface area contributed by atoms with Crippen molar-refractivity contribution in [2.45, 2.75) is 375 Å². The fourth-order valence-corrected chi connectivity index (χ4v) is 23.3. The number of anilines is 3. The van der Waals surface area contributed by atoms with Crippen LogP contribution in [0.15, 0.2) is 55.4 Å². The molecule has 0 aromatic carbocycles. The van der Waals surface area contributed by atoms with Gasteiger partial charge in [-0.25, -0.2) is 29.9 Å². The van der Waals surface area contributed by atoms with Crippen LogP contribution in [-0.4, -0.2) is 253 Å². The van der Waals surface area contributed by atoms with E-state index in [4.69, 9.17) is 28.7 Å². The van der Waals surface area contributed by atoms with Crippen molar-refractivity contribution in [3.63, 3.8) is 0 Å². The Morgan fingerprint density at radius 2 is 0.585 bits per heavy atom. The van der Waals surface area contributed by atoms with E-state index in [2.05, 4.69) is 94.8 Å². The molecule has 19 N–H and O–H groups in total. The number of Topliss-reactive ketones (excluding diaryl/α,β-unsaturated/α-hetero) is 2. The van der Waals surface area contributed by atoms with Crippen molar-refractivity contribution >= 4 is 100 Å². The number of nitrogens with two attached hydrogens (primary N) is 5. The molecule has 4 spiro atoms. The van der Waals surface area contributed by atoms with Gasteiger partial charge in [-0.2, -0.15) is 0 Å². The van der Waals surface area contributed by atoms with Gasteiger partial charge in [-0.3, -0.25) is 67.1 Å². The number of amides is 12. The van der Waals surface area contributed by atoms with Crippen LogP contribution in [0.5, 0.6) is 0 Å². The molecule has 12 aliphatic rings. The van der Waals surface area contributed by atoms with E-state index in [0.29, 0.717) is 131 Å². The quantitative estimate of drug-likeness (QED) is 0.0261. The number of rotatable bonds is 38. The zero-order chi connectivity index (χ0) is 104. The van der Waals surface area contributed by atoms with Crippen molar-refractivity contribution < 1.29 is 77.3 Å². The van der Waals surface area contributed by atoms with Crippen molar-refractivity contribution in [1.29, 1.82) is 0 Å². The first-order chi connectivity index (χ1) is 66.7. The molecule has 8 saturated carbocycles. The highest BCUT2D eigenvalue weighted by Gasteiger charge is 2.67. The molecule has 784 valence electrons. The Morgan fingerprint density at radius 3 is 0.782 bits per heavy atom. The van der Waals surface area contributed by atoms with Gasteiger partial charge in [-0.15, -0.1) is 0 Å². The number of hydrogen-bond donors (Lipinski definition) is 14. The maximum absolute atomic E-state index is 14.1. The van der Waals surface area contributed by atoms with E-state index in [1.165, 1.54) is 0 Å². The number of aromatic nitrogens is 6. The van der Waals surface area contributed by atoms with Crippen LogP contribution in [0.3, 0.4) is 0 Å². The maximum Gasteiger partial charge on any atom is 0.287 e. The fourth-order valence-electron chi connectivity index (χ4n) is 23.3. The third kappa shape index (κ3) is 26.2. The lowest BCUT2D eigenvalue weighted by atomic mass is 9.79. The average Bonchev–Trinajstić information content (AvgIpc) is 1.57. The Kier molecular flexibility index (Phi) is 35.0. The molecule has 8 aliphatic carbocycles. The summed E-state index contributed by atoms with van der Waals surface area (Å²) in [4.78, 5) is 214. The van der Waals surface area contributed by atoms with Crippen LogP contribution in [0.2, 0.25) is 0 Å². The van der Waals surface area contributed by atoms with Gasteiger partial charge in [0.1, 0.15) is 42.3 Å². The van der Waals surface area contributed by atoms with E-state index < -0.39 is 153 Å². The molecule has 12 fully saturated rings. The van der Waals surface area contributed by atoms with Gasteiger partial charge in [0, 0.05) is 63.4 Å². The Hall–Kier alpha value is -10.5. The predicted octanol–water partition coefficient (Wildman–Crippen LogP) is 6.84. The second kappa shape index (κ2) is 45.0. The molecule has 4 saturated heterocycles. The van der Waals surface area contributed by atoms with Gasteiger partial charge in [0.25, 0.3) is 11.8 Å². The zero-order valence-electron chi connectivity index (χ0n) is 86.5. The third-order valence-corrected chi connectivity index (χ3v) is 33.6. The standard InChI is InChI=1S/C27H42N6O4.2C27H40N6O4.C23H40N4O4/c3*1-5-17-13-27(17)14-19(23(36)31-18(20(34)22(28)35)12-16-8-6-9-16)33(15-27)24(37)21(26(2,3)4)32-25-29-10-7-11-30-25;1-5-14-10-23(14)11-16(27(12-23)21(31)18(24)22(2,3)4)20(30)26-15(17(28)19(25)29)9-13-7-6-8-13/h7,10-11,16-21,34H,5-6,8-9,12-15H2,1-4H3,(H2,28,35)(H,31,36)(H,29,30,32);2*7,10-11,16-19,21H,5-6,8-9,12-15H2,1-4H3,(H2,28,35)(H,31,36)(H,29,30,32);13-18,28H,5-12,24H2,1-4H3,(H2,25,29)(H,26,30)/t17?,18?,19-,20?,21+,27-;2*17?,18?,19-,21+,27-;14?,15?,16-,17?,18+,23-/m0000/s1. The van der Waals surface area contributed by atoms with Crippen LogP contribution in [0, 0.1) is 90.7 Å². The zero-order valence-corrected chi connectivity index (χ0v) is 86.5. The summed E-state index contributed by atoms with van der Waals surface area (Å²) >= 11 is 0. The van der Waals surface area contributed by atoms with E-state index in [1.54, 1.807) is 75.0 Å². The highest BCUT2D eigenvalue weighted by Crippen LogP contribution is 2.65. The number of carbonyl (C=O) groups is 14. The molecule has 22 atom stereocenters. The number of primary amides is 4. The van der Waals surface area contributed by atoms with Gasteiger partial charge in [0.05, 0.1) is 30.2 Å². The molecule has 10 unspecified atom stereocenters. The van der Waals surface area contributed by atoms with Crippen LogP contribution in [0.4, 0.5) is 17.8 Å². The molecule has 3 aromatic heterocycles. The molecule has 4 aliphatic heterocycles. The minimum Gasteiger partial charge on any atom is -0.381 e. The molecule has 142 heavy (non-hydrogen) atoms. The number of carbonyl (C=O) groups excluding carboxylic acids is 14. The second-order valence-corrected chi connectivity index (χ2v) is 48.0. The lowest BCUT2D eigenvalue weighted by molar-refractivity contribution is -0.142. The first-order valence-corrected chi connectivity index (χ1v) is 52.2. The van der Waals surface area contributed by atoms with Crippen LogP contribution >= 0.6 is 0 Å². The Morgan fingerprint density at radius 1 is 0.352 bits per heavy atom. The first-order valence-electron chi connectivity index (χ1n) is 52.2. The Labute approximate surface area is 836 Å². The van der Waals surface area contributed by atoms with Crippen LogP contribution < -0.4 is 65.9 Å². The van der Waals surface area contributed by atoms with Crippen molar-refractivity contribution in [2.75, 3.05) is 42.1 Å². The van der Waals surface area contributed by atoms with Crippen molar-refractivity contribution in [3.05, 3.63) is 55.4 Å². The van der Waals surface area contributed by atoms with Crippen LogP contribution in [0.25, 0.3) is 0 Å². The van der Waals surface area contributed by atoms with Crippen molar-refractivity contribution in [2.24, 2.45) is 119 Å². The molecule has 3 aromatic rings. The maximum atomic E-state index is 14.1. The molecule has 0 bridgehead atoms. The lowest BCUT2D eigenvalue weighted by Crippen LogP contribution is -2.58. The van der Waals surface area contributed by atoms with E-state index in [-0.39, 0.29) is 68.9 Å². The van der Waals surface area contributed by atoms with Gasteiger partial charge in [-0.05, 0) is 186 Å². The number of aliphatic hydroxyl groups is 2. The number of hydrogen-bond acceptors (Lipinski definition) is 26. The number of aliphatic hydroxyl groups excluding tert-OH is 2. The first kappa shape index (κ1) is 110. The lowest BCUT2D eigenvalue weighted by Gasteiger charge is -2.36. The molecule has 0 radical (unpaired) electrons. The second-order valence-electron chi connectivity index (χ2n) is 48.0. The molecular weight excluding hydrogens is 1810 g/mol. The van der Waals surface area contributed by atoms with E-state index in [0.717, 1.165) is 128 Å². The summed E-state index contributed by atoms with van der Waals surface area (Å²) in [6.07, 6.45) is 31.1. The highest BCUT2D eigenvalue weighted by atomic mass is 16.3. The van der Waals surface area contributed by atoms with Gasteiger partial charge in [-0.1, -0.05) is 214 Å². The fraction of sp³-hybridized carbons (Fsp3) is 0.750. The Balaban J connectivity index is 0.000000169. The summed E-state index contributed by atoms with van der Waals surface area (Å²) in [5, 5.41) is 41.8. The minimum atomic E-state index is -1.47. The molecule has 38 heteroatoms. The van der Waals surface area contributed by atoms with Crippen molar-refractivity contribution in [1.82, 2.24) is 70.8 Å². The summed E-state index contributed by atoms with van der Waals surface area (Å²) in [5.41, 5.74) is 25.5. The SMILES string of the molecule is CCC1C[C@@]12C[C@@H](C(=O)NC(CC1CCC1)C(=O)C(N)=O)N(C(=O)[C@@H](Nc1ncccn1)C(C)(C)C)C2.CCC1C[C@@]12C[C@@H](C(=O)NC(CC1CCC1)C(=O)C(N)=O)N(C(=O)[C@@H](Nc1ncccn1)C(C)(C)C)C2.CCC1C[C@@]12C[C@@H](C(=O)NC(CC1CCC1)C(O)C(N)=O)N(C(=O)[C@@H](N)C(C)(C)C)C2.CCC1C[C@@]12C[C@@H](C(=O)NC(CC1CCC1)C(O)C(N)=O)N(C(=O)[C@@H](Nc1ncccn1)C(C)(C)C)C2. The van der Waals surface area contributed by atoms with Gasteiger partial charge >= 0.3 is 0 Å². The normalized spacial score (nSPS) is 28.0. The largest absolute Gasteiger partial charge is 0.381 e. The van der Waals surface area contributed by atoms with E-state index in [1.807, 2.05) is 83.1 Å². The molecule has 12 amide bonds. The third-order valence-electron chi connectivity index (χ3n) is 33.6. The van der Waals surface area contributed by atoms with Gasteiger partial charge in [0.15, 0.2) is 12.2 Å². The predicted molar refractivity (Wildman–Crippen MR) is 532 cm³/mol. The molecule has 15 rings (SSSR count). The molecular formula is C104H162N22O16. The number of ketones is 2. The Bertz CT molecular complexity index is 4830. The summed E-state index contributed by atoms with van der Waals surface area (Å²) in [7, 11) is 0. The summed E-state index contributed by atoms with van der Waals surface area (Å²) in [6, 6.07) is -3.77. The van der Waals surface area contributed by atoms with Gasteiger partial charge in [0.2, 0.25) is 88.5 Å². The number of likely N-dealkylation sites (tertiary alicyclic amines) is 4. The van der Waals surface area contributed by atoms with E-state index in [9.17, 15) is 77.3 Å². The molecule has 38 nitrogen and oxygen atoms in total. The van der Waals surface area contributed by atoms with Crippen LogP contribution in [-0.2, 0) is 67.1 Å². The molecule has 7 heterocycles. The highest BCUT2D eigenvalue weighted by molar-refractivity contribution is 6.38. The average molecular weight is 1980 g/mol. The summed E-state index contributed by atoms with van der Waals surface area (Å²) in [5.74, 6) is -3.35. The minimum absolute atomic E-state index is 0.0181. The van der Waals surface area contributed by atoms with Gasteiger partial charge < -0.3 is 95.7 Å². The smallest absolute Gasteiger partial charge is 0.287 e.